The van der Waals surface area contributed by atoms with E-state index in [1.165, 1.54) is 11.3 Å². The number of nitrogens with one attached hydrogen (secondary N) is 1. The maximum Gasteiger partial charge on any atom is 0.184 e. The monoisotopic (exact) mass is 228 g/mol. The molecule has 0 aliphatic heterocycles. The first kappa shape index (κ1) is 12.3. The smallest absolute Gasteiger partial charge is 0.184 e. The summed E-state index contributed by atoms with van der Waals surface area (Å²) in [4.78, 5) is 6.47. The molecule has 0 spiro atoms. The van der Waals surface area contributed by atoms with Crippen LogP contribution in [-0.4, -0.2) is 36.1 Å². The predicted octanol–water partition coefficient (Wildman–Crippen LogP) is 1.87. The molecule has 3 N–H and O–H groups in total. The first-order valence-electron chi connectivity index (χ1n) is 5.25. The van der Waals surface area contributed by atoms with E-state index in [0.717, 1.165) is 29.6 Å². The van der Waals surface area contributed by atoms with Gasteiger partial charge in [-0.05, 0) is 33.9 Å². The molecule has 0 fully saturated rings. The van der Waals surface area contributed by atoms with Gasteiger partial charge in [-0.15, -0.1) is 0 Å². The van der Waals surface area contributed by atoms with Crippen LogP contribution in [0.1, 0.15) is 20.3 Å². The molecule has 0 aromatic carbocycles. The SMILES string of the molecule is CC(C)N(C)CCCNc1ncc(N)s1. The third kappa shape index (κ3) is 4.48. The van der Waals surface area contributed by atoms with Gasteiger partial charge < -0.3 is 16.0 Å². The van der Waals surface area contributed by atoms with E-state index in [4.69, 9.17) is 5.73 Å². The van der Waals surface area contributed by atoms with E-state index in [9.17, 15) is 0 Å². The van der Waals surface area contributed by atoms with E-state index in [1.54, 1.807) is 6.20 Å². The van der Waals surface area contributed by atoms with Crippen LogP contribution in [-0.2, 0) is 0 Å². The van der Waals surface area contributed by atoms with Crippen LogP contribution < -0.4 is 11.1 Å². The van der Waals surface area contributed by atoms with Crippen molar-refractivity contribution in [2.75, 3.05) is 31.2 Å². The Bertz CT molecular complexity index is 285. The summed E-state index contributed by atoms with van der Waals surface area (Å²) in [5, 5.41) is 4.94. The minimum absolute atomic E-state index is 0.612. The van der Waals surface area contributed by atoms with Crippen molar-refractivity contribution in [3.05, 3.63) is 6.20 Å². The molecule has 1 aromatic heterocycles. The Morgan fingerprint density at radius 2 is 2.33 bits per heavy atom. The second-order valence-corrected chi connectivity index (χ2v) is 4.98. The summed E-state index contributed by atoms with van der Waals surface area (Å²) in [5.41, 5.74) is 5.58. The van der Waals surface area contributed by atoms with Gasteiger partial charge in [-0.2, -0.15) is 0 Å². The van der Waals surface area contributed by atoms with Gasteiger partial charge in [0.1, 0.15) is 5.00 Å². The van der Waals surface area contributed by atoms with Gasteiger partial charge in [-0.1, -0.05) is 11.3 Å². The summed E-state index contributed by atoms with van der Waals surface area (Å²) in [7, 11) is 2.14. The van der Waals surface area contributed by atoms with Crippen LogP contribution in [0.2, 0.25) is 0 Å². The molecule has 4 nitrogen and oxygen atoms in total. The highest BCUT2D eigenvalue weighted by Gasteiger charge is 2.02. The second kappa shape index (κ2) is 5.92. The molecule has 0 saturated heterocycles. The fourth-order valence-corrected chi connectivity index (χ4v) is 1.76. The van der Waals surface area contributed by atoms with Crippen LogP contribution >= 0.6 is 11.3 Å². The zero-order chi connectivity index (χ0) is 11.3. The molecule has 1 rings (SSSR count). The van der Waals surface area contributed by atoms with E-state index in [1.807, 2.05) is 0 Å². The first-order valence-corrected chi connectivity index (χ1v) is 6.06. The van der Waals surface area contributed by atoms with Gasteiger partial charge in [0.25, 0.3) is 0 Å². The first-order chi connectivity index (χ1) is 7.09. The summed E-state index contributed by atoms with van der Waals surface area (Å²) < 4.78 is 0. The summed E-state index contributed by atoms with van der Waals surface area (Å²) >= 11 is 1.49. The Labute approximate surface area is 95.5 Å². The van der Waals surface area contributed by atoms with Crippen molar-refractivity contribution in [1.82, 2.24) is 9.88 Å². The van der Waals surface area contributed by atoms with Gasteiger partial charge in [0.15, 0.2) is 5.13 Å². The molecule has 86 valence electrons. The van der Waals surface area contributed by atoms with Crippen molar-refractivity contribution in [2.24, 2.45) is 0 Å². The number of nitrogens with zero attached hydrogens (tertiary/aromatic N) is 2. The van der Waals surface area contributed by atoms with Crippen molar-refractivity contribution < 1.29 is 0 Å². The molecule has 0 unspecified atom stereocenters. The Balaban J connectivity index is 2.12. The second-order valence-electron chi connectivity index (χ2n) is 3.92. The molecular weight excluding hydrogens is 208 g/mol. The normalized spacial score (nSPS) is 11.3. The average molecular weight is 228 g/mol. The summed E-state index contributed by atoms with van der Waals surface area (Å²) in [6.07, 6.45) is 2.81. The van der Waals surface area contributed by atoms with Crippen LogP contribution in [0, 0.1) is 0 Å². The number of nitrogens with two attached hydrogens (primary N) is 1. The van der Waals surface area contributed by atoms with Gasteiger partial charge >= 0.3 is 0 Å². The minimum Gasteiger partial charge on any atom is -0.389 e. The molecule has 0 bridgehead atoms. The average Bonchev–Trinajstić information content (AvgIpc) is 2.58. The number of rotatable bonds is 6. The predicted molar refractivity (Wildman–Crippen MR) is 67.4 cm³/mol. The molecule has 5 heteroatoms. The van der Waals surface area contributed by atoms with Gasteiger partial charge in [-0.25, -0.2) is 4.98 Å². The highest BCUT2D eigenvalue weighted by atomic mass is 32.1. The molecule has 0 amide bonds. The quantitative estimate of drug-likeness (QED) is 0.730. The molecule has 15 heavy (non-hydrogen) atoms. The molecule has 0 atom stereocenters. The summed E-state index contributed by atoms with van der Waals surface area (Å²) in [5.74, 6) is 0. The highest BCUT2D eigenvalue weighted by Crippen LogP contribution is 2.19. The van der Waals surface area contributed by atoms with Crippen LogP contribution in [0.5, 0.6) is 0 Å². The molecule has 0 saturated carbocycles. The number of aromatic nitrogens is 1. The zero-order valence-corrected chi connectivity index (χ0v) is 10.5. The molecular formula is C10H20N4S. The van der Waals surface area contributed by atoms with E-state index in [2.05, 4.69) is 36.1 Å². The third-order valence-corrected chi connectivity index (χ3v) is 3.15. The van der Waals surface area contributed by atoms with Crippen molar-refractivity contribution in [2.45, 2.75) is 26.3 Å². The molecule has 1 heterocycles. The number of anilines is 2. The molecule has 0 radical (unpaired) electrons. The van der Waals surface area contributed by atoms with E-state index in [0.29, 0.717) is 6.04 Å². The van der Waals surface area contributed by atoms with E-state index in [-0.39, 0.29) is 0 Å². The topological polar surface area (TPSA) is 54.2 Å². The van der Waals surface area contributed by atoms with Gasteiger partial charge in [0, 0.05) is 12.6 Å². The lowest BCUT2D eigenvalue weighted by Gasteiger charge is -2.20. The van der Waals surface area contributed by atoms with Crippen LogP contribution in [0.15, 0.2) is 6.20 Å². The number of hydrogen-bond acceptors (Lipinski definition) is 5. The minimum atomic E-state index is 0.612. The summed E-state index contributed by atoms with van der Waals surface area (Å²) in [6.45, 7) is 6.46. The summed E-state index contributed by atoms with van der Waals surface area (Å²) in [6, 6.07) is 0.612. The van der Waals surface area contributed by atoms with E-state index < -0.39 is 0 Å². The number of thiazole rings is 1. The maximum absolute atomic E-state index is 5.58. The van der Waals surface area contributed by atoms with Crippen molar-refractivity contribution in [3.8, 4) is 0 Å². The van der Waals surface area contributed by atoms with Gasteiger partial charge in [0.05, 0.1) is 6.20 Å². The lowest BCUT2D eigenvalue weighted by atomic mass is 10.3. The van der Waals surface area contributed by atoms with E-state index >= 15 is 0 Å². The van der Waals surface area contributed by atoms with Crippen LogP contribution in [0.4, 0.5) is 10.1 Å². The van der Waals surface area contributed by atoms with Crippen LogP contribution in [0.25, 0.3) is 0 Å². The largest absolute Gasteiger partial charge is 0.389 e. The van der Waals surface area contributed by atoms with Crippen LogP contribution in [0.3, 0.4) is 0 Å². The number of hydrogen-bond donors (Lipinski definition) is 2. The fraction of sp³-hybridized carbons (Fsp3) is 0.700. The molecule has 0 aliphatic carbocycles. The number of nitrogen functional groups attached to an aromatic ring is 1. The van der Waals surface area contributed by atoms with Gasteiger partial charge in [-0.3, -0.25) is 0 Å². The lowest BCUT2D eigenvalue weighted by Crippen LogP contribution is -2.28. The van der Waals surface area contributed by atoms with Gasteiger partial charge in [0.2, 0.25) is 0 Å². The molecule has 0 aliphatic rings. The van der Waals surface area contributed by atoms with Crippen molar-refractivity contribution in [1.29, 1.82) is 0 Å². The zero-order valence-electron chi connectivity index (χ0n) is 9.66. The van der Waals surface area contributed by atoms with Crippen molar-refractivity contribution >= 4 is 21.5 Å². The van der Waals surface area contributed by atoms with Crippen molar-refractivity contribution in [3.63, 3.8) is 0 Å². The highest BCUT2D eigenvalue weighted by molar-refractivity contribution is 7.19. The Kier molecular flexibility index (Phi) is 4.84. The standard InChI is InChI=1S/C10H20N4S/c1-8(2)14(3)6-4-5-12-10-13-7-9(11)15-10/h7-8H,4-6,11H2,1-3H3,(H,12,13). The Morgan fingerprint density at radius 3 is 2.87 bits per heavy atom. The molecule has 1 aromatic rings. The lowest BCUT2D eigenvalue weighted by molar-refractivity contribution is 0.273. The maximum atomic E-state index is 5.58. The fourth-order valence-electron chi connectivity index (χ4n) is 1.15. The Hall–Kier alpha value is -0.810. The third-order valence-electron chi connectivity index (χ3n) is 2.37. The Morgan fingerprint density at radius 1 is 1.60 bits per heavy atom.